The summed E-state index contributed by atoms with van der Waals surface area (Å²) in [6, 6.07) is 8.50. The fraction of sp³-hybridized carbons (Fsp3) is 0.758. The van der Waals surface area contributed by atoms with Crippen molar-refractivity contribution in [1.29, 1.82) is 0 Å². The van der Waals surface area contributed by atoms with Crippen LogP contribution in [0.4, 0.5) is 0 Å². The van der Waals surface area contributed by atoms with Gasteiger partial charge in [0.2, 0.25) is 0 Å². The molecule has 3 fully saturated rings. The molecule has 1 aromatic carbocycles. The molecule has 3 saturated carbocycles. The Balaban J connectivity index is 1.31. The largest absolute Gasteiger partial charge is 0.0837 e. The summed E-state index contributed by atoms with van der Waals surface area (Å²) < 4.78 is 0. The highest BCUT2D eigenvalue weighted by atomic mass is 35.5. The normalized spacial score (nSPS) is 40.3. The van der Waals surface area contributed by atoms with Gasteiger partial charge in [0, 0.05) is 5.02 Å². The van der Waals surface area contributed by atoms with Crippen LogP contribution in [0.1, 0.15) is 111 Å². The maximum absolute atomic E-state index is 6.60. The summed E-state index contributed by atoms with van der Waals surface area (Å²) in [6.07, 6.45) is 18.3. The molecule has 0 nitrogen and oxygen atoms in total. The van der Waals surface area contributed by atoms with Crippen molar-refractivity contribution in [1.82, 2.24) is 0 Å². The van der Waals surface area contributed by atoms with Crippen molar-refractivity contribution in [3.05, 3.63) is 40.9 Å². The number of halogens is 1. The summed E-state index contributed by atoms with van der Waals surface area (Å²) in [4.78, 5) is 0. The Hall–Kier alpha value is -0.750. The van der Waals surface area contributed by atoms with E-state index >= 15 is 0 Å². The Bertz CT molecular complexity index is 898. The molecule has 4 aliphatic carbocycles. The number of hydrogen-bond donors (Lipinski definition) is 0. The minimum Gasteiger partial charge on any atom is -0.0837 e. The van der Waals surface area contributed by atoms with E-state index in [1.54, 1.807) is 0 Å². The second kappa shape index (κ2) is 9.61. The van der Waals surface area contributed by atoms with Crippen molar-refractivity contribution in [2.24, 2.45) is 52.3 Å². The lowest BCUT2D eigenvalue weighted by Crippen LogP contribution is -2.52. The molecule has 34 heavy (non-hydrogen) atoms. The first-order valence-corrected chi connectivity index (χ1v) is 15.1. The van der Waals surface area contributed by atoms with Gasteiger partial charge in [-0.05, 0) is 121 Å². The van der Waals surface area contributed by atoms with E-state index < -0.39 is 0 Å². The average Bonchev–Trinajstić information content (AvgIpc) is 3.16. The predicted octanol–water partition coefficient (Wildman–Crippen LogP) is 10.5. The summed E-state index contributed by atoms with van der Waals surface area (Å²) in [5.74, 6) is 6.46. The molecule has 0 radical (unpaired) electrons. The first-order chi connectivity index (χ1) is 16.2. The molecule has 8 atom stereocenters. The number of allylic oxidation sites excluding steroid dienone is 2. The third-order valence-corrected chi connectivity index (χ3v) is 12.1. The van der Waals surface area contributed by atoms with E-state index in [9.17, 15) is 0 Å². The van der Waals surface area contributed by atoms with Gasteiger partial charge in [-0.1, -0.05) is 89.8 Å². The van der Waals surface area contributed by atoms with Crippen molar-refractivity contribution in [2.75, 3.05) is 0 Å². The van der Waals surface area contributed by atoms with E-state index in [4.69, 9.17) is 11.6 Å². The summed E-state index contributed by atoms with van der Waals surface area (Å²) in [7, 11) is 0. The molecule has 0 heterocycles. The molecule has 0 aromatic heterocycles. The lowest BCUT2D eigenvalue weighted by atomic mass is 9.44. The van der Waals surface area contributed by atoms with Gasteiger partial charge >= 0.3 is 0 Å². The fourth-order valence-corrected chi connectivity index (χ4v) is 10.1. The quantitative estimate of drug-likeness (QED) is 0.379. The second-order valence-electron chi connectivity index (χ2n) is 13.8. The van der Waals surface area contributed by atoms with Gasteiger partial charge in [0.15, 0.2) is 0 Å². The summed E-state index contributed by atoms with van der Waals surface area (Å²) in [5.41, 5.74) is 3.91. The highest BCUT2D eigenvalue weighted by Gasteiger charge is 2.60. The molecule has 0 bridgehead atoms. The van der Waals surface area contributed by atoms with E-state index in [1.807, 2.05) is 0 Å². The van der Waals surface area contributed by atoms with Crippen LogP contribution in [0, 0.1) is 52.3 Å². The highest BCUT2D eigenvalue weighted by Crippen LogP contribution is 2.68. The van der Waals surface area contributed by atoms with Crippen LogP contribution in [-0.2, 0) is 0 Å². The van der Waals surface area contributed by atoms with Gasteiger partial charge in [0.25, 0.3) is 0 Å². The van der Waals surface area contributed by atoms with E-state index in [0.717, 1.165) is 46.4 Å². The van der Waals surface area contributed by atoms with Crippen LogP contribution in [-0.4, -0.2) is 0 Å². The summed E-state index contributed by atoms with van der Waals surface area (Å²) in [6.45, 7) is 12.8. The molecule has 5 rings (SSSR count). The first kappa shape index (κ1) is 24.9. The molecule has 188 valence electrons. The Morgan fingerprint density at radius 2 is 1.68 bits per heavy atom. The van der Waals surface area contributed by atoms with Gasteiger partial charge < -0.3 is 0 Å². The summed E-state index contributed by atoms with van der Waals surface area (Å²) >= 11 is 6.60. The van der Waals surface area contributed by atoms with Crippen LogP contribution in [0.3, 0.4) is 0 Å². The summed E-state index contributed by atoms with van der Waals surface area (Å²) in [5, 5.41) is 0.930. The Morgan fingerprint density at radius 3 is 2.44 bits per heavy atom. The number of benzene rings is 1. The molecule has 0 unspecified atom stereocenters. The topological polar surface area (TPSA) is 0 Å². The van der Waals surface area contributed by atoms with Gasteiger partial charge in [0.1, 0.15) is 0 Å². The van der Waals surface area contributed by atoms with E-state index in [0.29, 0.717) is 10.8 Å². The third kappa shape index (κ3) is 4.23. The van der Waals surface area contributed by atoms with E-state index in [2.05, 4.69) is 65.0 Å². The highest BCUT2D eigenvalue weighted by molar-refractivity contribution is 6.32. The van der Waals surface area contributed by atoms with Crippen molar-refractivity contribution < 1.29 is 0 Å². The second-order valence-corrected chi connectivity index (χ2v) is 14.2. The van der Waals surface area contributed by atoms with Crippen molar-refractivity contribution >= 4 is 17.2 Å². The van der Waals surface area contributed by atoms with E-state index in [-0.39, 0.29) is 0 Å². The molecule has 0 N–H and O–H groups in total. The van der Waals surface area contributed by atoms with Crippen molar-refractivity contribution in [3.8, 4) is 0 Å². The van der Waals surface area contributed by atoms with Gasteiger partial charge in [-0.2, -0.15) is 0 Å². The fourth-order valence-electron chi connectivity index (χ4n) is 9.85. The smallest absolute Gasteiger partial charge is 0.0481 e. The molecule has 0 aliphatic heterocycles. The zero-order valence-corrected chi connectivity index (χ0v) is 23.3. The predicted molar refractivity (Wildman–Crippen MR) is 148 cm³/mol. The van der Waals surface area contributed by atoms with Crippen LogP contribution in [0.25, 0.3) is 5.57 Å². The van der Waals surface area contributed by atoms with E-state index in [1.165, 1.54) is 81.8 Å². The van der Waals surface area contributed by atoms with Crippen molar-refractivity contribution in [2.45, 2.75) is 105 Å². The molecular weight excluding hydrogens is 432 g/mol. The van der Waals surface area contributed by atoms with Crippen LogP contribution in [0.5, 0.6) is 0 Å². The number of fused-ring (bicyclic) bond motifs is 5. The van der Waals surface area contributed by atoms with Crippen LogP contribution in [0.2, 0.25) is 5.02 Å². The minimum absolute atomic E-state index is 0.496. The molecule has 0 amide bonds. The first-order valence-electron chi connectivity index (χ1n) is 14.7. The molecule has 4 aliphatic rings. The third-order valence-electron chi connectivity index (χ3n) is 11.7. The SMILES string of the molecule is CC(C)CCC[C@H](C)[C@H]1CC[C@H]2[C@@H]3CC[C@@H]4CC(c5ccccc5Cl)=CC[C@]4(C)[C@H]3CC[C@]12C. The minimum atomic E-state index is 0.496. The maximum atomic E-state index is 6.60. The van der Waals surface area contributed by atoms with Crippen LogP contribution in [0.15, 0.2) is 30.3 Å². The molecule has 0 spiro atoms. The zero-order valence-electron chi connectivity index (χ0n) is 22.6. The Kier molecular flexibility index (Phi) is 7.04. The average molecular weight is 481 g/mol. The molecule has 1 heteroatoms. The van der Waals surface area contributed by atoms with Gasteiger partial charge in [-0.15, -0.1) is 0 Å². The standard InChI is InChI=1S/C33H49Cl/c1-22(2)9-8-10-23(3)28-15-16-29-27-14-13-25-21-24(26-11-6-7-12-31(26)34)17-19-32(25,4)30(27)18-20-33(28,29)5/h6-7,11-12,17,22-23,25,27-30H,8-10,13-16,18-21H2,1-5H3/t23-,25+,27-,28+,29-,30-,32-,33+/m0/s1. The number of hydrogen-bond acceptors (Lipinski definition) is 0. The molecular formula is C33H49Cl. The van der Waals surface area contributed by atoms with Crippen LogP contribution >= 0.6 is 11.6 Å². The monoisotopic (exact) mass is 480 g/mol. The lowest BCUT2D eigenvalue weighted by molar-refractivity contribution is -0.0999. The lowest BCUT2D eigenvalue weighted by Gasteiger charge is -2.60. The van der Waals surface area contributed by atoms with Crippen molar-refractivity contribution in [3.63, 3.8) is 0 Å². The molecule has 1 aromatic rings. The van der Waals surface area contributed by atoms with Crippen LogP contribution < -0.4 is 0 Å². The Labute approximate surface area is 215 Å². The maximum Gasteiger partial charge on any atom is 0.0481 e. The molecule has 0 saturated heterocycles. The van der Waals surface area contributed by atoms with Gasteiger partial charge in [0.05, 0.1) is 0 Å². The van der Waals surface area contributed by atoms with Gasteiger partial charge in [-0.3, -0.25) is 0 Å². The zero-order chi connectivity index (χ0) is 24.1. The Morgan fingerprint density at radius 1 is 0.912 bits per heavy atom. The number of rotatable bonds is 6. The van der Waals surface area contributed by atoms with Gasteiger partial charge in [-0.25, -0.2) is 0 Å².